The summed E-state index contributed by atoms with van der Waals surface area (Å²) in [6.07, 6.45) is 0. The molecule has 0 saturated carbocycles. The van der Waals surface area contributed by atoms with Crippen LogP contribution in [0.2, 0.25) is 0 Å². The van der Waals surface area contributed by atoms with Crippen LogP contribution in [0.1, 0.15) is 39.4 Å². The number of anilines is 1. The lowest BCUT2D eigenvalue weighted by molar-refractivity contribution is 0.234. The minimum atomic E-state index is -0.381. The first-order chi connectivity index (χ1) is 7.34. The number of aromatic nitrogens is 2. The van der Waals surface area contributed by atoms with Crippen LogP contribution in [0, 0.1) is 4.64 Å². The van der Waals surface area contributed by atoms with Crippen LogP contribution < -0.4 is 5.32 Å². The van der Waals surface area contributed by atoms with Gasteiger partial charge in [0.15, 0.2) is 0 Å². The first kappa shape index (κ1) is 13.1. The van der Waals surface area contributed by atoms with Crippen molar-refractivity contribution in [3.63, 3.8) is 0 Å². The van der Waals surface area contributed by atoms with Crippen molar-refractivity contribution in [2.24, 2.45) is 0 Å². The van der Waals surface area contributed by atoms with E-state index in [4.69, 9.17) is 12.2 Å². The van der Waals surface area contributed by atoms with E-state index < -0.39 is 0 Å². The van der Waals surface area contributed by atoms with Gasteiger partial charge in [0.05, 0.1) is 12.1 Å². The second-order valence-corrected chi connectivity index (χ2v) is 5.26. The van der Waals surface area contributed by atoms with Gasteiger partial charge < -0.3 is 15.4 Å². The molecule has 0 unspecified atom stereocenters. The maximum absolute atomic E-state index is 9.19. The monoisotopic (exact) mass is 241 g/mol. The van der Waals surface area contributed by atoms with Gasteiger partial charge in [-0.2, -0.15) is 0 Å². The summed E-state index contributed by atoms with van der Waals surface area (Å²) >= 11 is 5.10. The van der Waals surface area contributed by atoms with Gasteiger partial charge in [0, 0.05) is 12.0 Å². The Morgan fingerprint density at radius 3 is 2.69 bits per heavy atom. The number of nitrogens with one attached hydrogen (secondary N) is 2. The highest BCUT2D eigenvalue weighted by molar-refractivity contribution is 7.71. The van der Waals surface area contributed by atoms with Gasteiger partial charge in [-0.3, -0.25) is 0 Å². The molecule has 3 N–H and O–H groups in total. The second-order valence-electron chi connectivity index (χ2n) is 4.84. The number of nitrogens with zero attached hydrogens (tertiary/aromatic N) is 1. The number of aromatic amines is 1. The molecule has 4 nitrogen and oxygen atoms in total. The average molecular weight is 241 g/mol. The molecule has 0 aliphatic carbocycles. The fourth-order valence-corrected chi connectivity index (χ4v) is 1.44. The number of hydrogen-bond acceptors (Lipinski definition) is 4. The predicted octanol–water partition coefficient (Wildman–Crippen LogP) is 2.45. The first-order valence-electron chi connectivity index (χ1n) is 5.34. The number of hydrogen-bond donors (Lipinski definition) is 3. The fourth-order valence-electron chi connectivity index (χ4n) is 1.22. The Morgan fingerprint density at radius 2 is 2.19 bits per heavy atom. The Morgan fingerprint density at radius 1 is 1.56 bits per heavy atom. The van der Waals surface area contributed by atoms with Gasteiger partial charge in [0.2, 0.25) is 0 Å². The summed E-state index contributed by atoms with van der Waals surface area (Å²) in [7, 11) is 0. The molecule has 1 aromatic rings. The smallest absolute Gasteiger partial charge is 0.131 e. The fraction of sp³-hybridized carbons (Fsp3) is 0.636. The Hall–Kier alpha value is -0.940. The first-order valence-corrected chi connectivity index (χ1v) is 5.75. The molecular weight excluding hydrogens is 222 g/mol. The van der Waals surface area contributed by atoms with E-state index in [-0.39, 0.29) is 12.1 Å². The summed E-state index contributed by atoms with van der Waals surface area (Å²) in [4.78, 5) is 7.42. The lowest BCUT2D eigenvalue weighted by Gasteiger charge is -2.25. The van der Waals surface area contributed by atoms with Crippen LogP contribution in [0.4, 0.5) is 5.82 Å². The standard InChI is InChI=1S/C11H19N3OS/c1-7(2)10-12-8(5-9(16)13-10)14-11(3,4)6-15/h5,7,15H,6H2,1-4H3,(H2,12,13,14,16). The van der Waals surface area contributed by atoms with E-state index in [2.05, 4.69) is 29.1 Å². The molecule has 0 aromatic carbocycles. The lowest BCUT2D eigenvalue weighted by atomic mass is 10.1. The van der Waals surface area contributed by atoms with Gasteiger partial charge in [-0.1, -0.05) is 26.1 Å². The van der Waals surface area contributed by atoms with E-state index in [0.717, 1.165) is 11.6 Å². The number of rotatable bonds is 4. The van der Waals surface area contributed by atoms with Gasteiger partial charge in [-0.25, -0.2) is 4.98 Å². The van der Waals surface area contributed by atoms with Crippen molar-refractivity contribution in [2.45, 2.75) is 39.2 Å². The van der Waals surface area contributed by atoms with Crippen LogP contribution in [0.15, 0.2) is 6.07 Å². The third kappa shape index (κ3) is 3.57. The molecule has 90 valence electrons. The van der Waals surface area contributed by atoms with Gasteiger partial charge >= 0.3 is 0 Å². The Balaban J connectivity index is 3.02. The summed E-state index contributed by atoms with van der Waals surface area (Å²) in [6.45, 7) is 7.98. The van der Waals surface area contributed by atoms with E-state index in [1.165, 1.54) is 0 Å². The highest BCUT2D eigenvalue weighted by Crippen LogP contribution is 2.15. The molecule has 1 heterocycles. The lowest BCUT2D eigenvalue weighted by Crippen LogP contribution is -2.35. The second kappa shape index (κ2) is 4.93. The molecule has 0 amide bonds. The molecule has 0 aliphatic rings. The third-order valence-electron chi connectivity index (χ3n) is 2.18. The van der Waals surface area contributed by atoms with Crippen LogP contribution in [-0.2, 0) is 0 Å². The molecule has 0 spiro atoms. The van der Waals surface area contributed by atoms with Crippen molar-refractivity contribution in [1.82, 2.24) is 9.97 Å². The molecule has 0 radical (unpaired) electrons. The van der Waals surface area contributed by atoms with Crippen molar-refractivity contribution in [3.8, 4) is 0 Å². The van der Waals surface area contributed by atoms with E-state index >= 15 is 0 Å². The summed E-state index contributed by atoms with van der Waals surface area (Å²) in [5.74, 6) is 1.94. The summed E-state index contributed by atoms with van der Waals surface area (Å²) in [6, 6.07) is 1.76. The van der Waals surface area contributed by atoms with Crippen LogP contribution in [-0.4, -0.2) is 27.2 Å². The zero-order valence-electron chi connectivity index (χ0n) is 10.2. The van der Waals surface area contributed by atoms with Crippen molar-refractivity contribution >= 4 is 18.0 Å². The van der Waals surface area contributed by atoms with Gasteiger partial charge in [0.1, 0.15) is 16.3 Å². The van der Waals surface area contributed by atoms with Gasteiger partial charge in [0.25, 0.3) is 0 Å². The minimum Gasteiger partial charge on any atom is -0.394 e. The van der Waals surface area contributed by atoms with E-state index in [0.29, 0.717) is 10.6 Å². The predicted molar refractivity (Wildman–Crippen MR) is 68.3 cm³/mol. The van der Waals surface area contributed by atoms with E-state index in [1.54, 1.807) is 6.07 Å². The Labute approximate surface area is 101 Å². The topological polar surface area (TPSA) is 60.9 Å². The van der Waals surface area contributed by atoms with Crippen molar-refractivity contribution in [1.29, 1.82) is 0 Å². The van der Waals surface area contributed by atoms with Gasteiger partial charge in [-0.05, 0) is 13.8 Å². The van der Waals surface area contributed by atoms with Crippen LogP contribution >= 0.6 is 12.2 Å². The molecule has 5 heteroatoms. The molecule has 1 aromatic heterocycles. The molecule has 16 heavy (non-hydrogen) atoms. The normalized spacial score (nSPS) is 11.9. The van der Waals surface area contributed by atoms with Crippen LogP contribution in [0.25, 0.3) is 0 Å². The number of aliphatic hydroxyl groups is 1. The van der Waals surface area contributed by atoms with E-state index in [1.807, 2.05) is 13.8 Å². The number of H-pyrrole nitrogens is 1. The molecule has 1 rings (SSSR count). The minimum absolute atomic E-state index is 0.0485. The molecular formula is C11H19N3OS. The molecule has 0 aliphatic heterocycles. The average Bonchev–Trinajstić information content (AvgIpc) is 2.16. The van der Waals surface area contributed by atoms with Crippen LogP contribution in [0.5, 0.6) is 0 Å². The quantitative estimate of drug-likeness (QED) is 0.709. The maximum Gasteiger partial charge on any atom is 0.131 e. The van der Waals surface area contributed by atoms with Gasteiger partial charge in [-0.15, -0.1) is 0 Å². The van der Waals surface area contributed by atoms with Crippen molar-refractivity contribution in [2.75, 3.05) is 11.9 Å². The highest BCUT2D eigenvalue weighted by Gasteiger charge is 2.16. The van der Waals surface area contributed by atoms with Crippen molar-refractivity contribution < 1.29 is 5.11 Å². The van der Waals surface area contributed by atoms with Crippen molar-refractivity contribution in [3.05, 3.63) is 16.5 Å². The van der Waals surface area contributed by atoms with Crippen LogP contribution in [0.3, 0.4) is 0 Å². The van der Waals surface area contributed by atoms with E-state index in [9.17, 15) is 5.11 Å². The third-order valence-corrected chi connectivity index (χ3v) is 2.39. The maximum atomic E-state index is 9.19. The summed E-state index contributed by atoms with van der Waals surface area (Å²) < 4.78 is 0.554. The Kier molecular flexibility index (Phi) is 4.04. The molecule has 0 bridgehead atoms. The molecule has 0 saturated heterocycles. The summed E-state index contributed by atoms with van der Waals surface area (Å²) in [5.41, 5.74) is -0.381. The Bertz CT molecular complexity index is 412. The zero-order chi connectivity index (χ0) is 12.3. The summed E-state index contributed by atoms with van der Waals surface area (Å²) in [5, 5.41) is 12.4. The number of aliphatic hydroxyl groups excluding tert-OH is 1. The highest BCUT2D eigenvalue weighted by atomic mass is 32.1. The largest absolute Gasteiger partial charge is 0.394 e. The molecule has 0 fully saturated rings. The SMILES string of the molecule is CC(C)c1nc(=S)cc(NC(C)(C)CO)[nH]1. The molecule has 0 atom stereocenters. The zero-order valence-corrected chi connectivity index (χ0v) is 11.0.